The fourth-order valence-electron chi connectivity index (χ4n) is 3.31. The highest BCUT2D eigenvalue weighted by Gasteiger charge is 2.26. The van der Waals surface area contributed by atoms with Crippen LogP contribution < -0.4 is 5.32 Å². The van der Waals surface area contributed by atoms with E-state index in [1.807, 2.05) is 6.92 Å². The van der Waals surface area contributed by atoms with Crippen LogP contribution >= 0.6 is 0 Å². The van der Waals surface area contributed by atoms with Gasteiger partial charge in [-0.15, -0.1) is 0 Å². The number of carboxylic acid groups (broad SMARTS) is 1. The molecule has 150 valence electrons. The third kappa shape index (κ3) is 6.04. The van der Waals surface area contributed by atoms with Gasteiger partial charge in [0.25, 0.3) is 5.91 Å². The van der Waals surface area contributed by atoms with E-state index in [0.717, 1.165) is 31.6 Å². The minimum Gasteiger partial charge on any atom is -0.478 e. The van der Waals surface area contributed by atoms with Crippen molar-refractivity contribution in [2.24, 2.45) is 5.92 Å². The Morgan fingerprint density at radius 3 is 2.56 bits per heavy atom. The lowest BCUT2D eigenvalue weighted by Gasteiger charge is -2.29. The number of amides is 1. The first-order valence-corrected chi connectivity index (χ1v) is 11.0. The lowest BCUT2D eigenvalue weighted by Crippen LogP contribution is -2.35. The first-order valence-electron chi connectivity index (χ1n) is 9.15. The van der Waals surface area contributed by atoms with Crippen molar-refractivity contribution in [3.05, 3.63) is 23.8 Å². The number of hydrogen-bond donors (Lipinski definition) is 2. The Bertz CT molecular complexity index is 804. The van der Waals surface area contributed by atoms with Gasteiger partial charge in [-0.2, -0.15) is 0 Å². The zero-order valence-corrected chi connectivity index (χ0v) is 16.7. The first kappa shape index (κ1) is 21.4. The summed E-state index contributed by atoms with van der Waals surface area (Å²) in [5, 5.41) is 11.8. The molecule has 0 aromatic heterocycles. The van der Waals surface area contributed by atoms with Crippen molar-refractivity contribution >= 4 is 27.4 Å². The van der Waals surface area contributed by atoms with Gasteiger partial charge in [0.15, 0.2) is 9.84 Å². The highest BCUT2D eigenvalue weighted by molar-refractivity contribution is 7.90. The van der Waals surface area contributed by atoms with Crippen LogP contribution in [0, 0.1) is 5.92 Å². The Kier molecular flexibility index (Phi) is 7.00. The number of carbonyl (C=O) groups excluding carboxylic acids is 1. The van der Waals surface area contributed by atoms with Crippen molar-refractivity contribution in [3.8, 4) is 0 Å². The first-order chi connectivity index (χ1) is 12.6. The van der Waals surface area contributed by atoms with Gasteiger partial charge in [-0.25, -0.2) is 13.2 Å². The molecular formula is C19H27NO6S. The second-order valence-corrected chi connectivity index (χ2v) is 9.26. The topological polar surface area (TPSA) is 110 Å². The van der Waals surface area contributed by atoms with Crippen LogP contribution in [0.15, 0.2) is 23.1 Å². The molecule has 0 bridgehead atoms. The van der Waals surface area contributed by atoms with Crippen molar-refractivity contribution in [1.29, 1.82) is 0 Å². The van der Waals surface area contributed by atoms with E-state index in [9.17, 15) is 23.1 Å². The van der Waals surface area contributed by atoms with Gasteiger partial charge in [-0.05, 0) is 43.4 Å². The number of rotatable bonds is 7. The third-order valence-electron chi connectivity index (χ3n) is 4.76. The van der Waals surface area contributed by atoms with Crippen molar-refractivity contribution in [1.82, 2.24) is 0 Å². The van der Waals surface area contributed by atoms with Gasteiger partial charge < -0.3 is 15.2 Å². The molecule has 0 saturated heterocycles. The molecule has 0 aliphatic heterocycles. The third-order valence-corrected chi connectivity index (χ3v) is 5.85. The van der Waals surface area contributed by atoms with E-state index < -0.39 is 27.8 Å². The summed E-state index contributed by atoms with van der Waals surface area (Å²) in [6.07, 6.45) is 4.88. The molecule has 2 N–H and O–H groups in total. The highest BCUT2D eigenvalue weighted by Crippen LogP contribution is 2.27. The second kappa shape index (κ2) is 8.84. The molecule has 0 radical (unpaired) electrons. The SMILES string of the molecule is CCC(OC1CCCC(C)C1)C(=O)Nc1cc(C(=O)O)cc(S(C)(=O)=O)c1. The van der Waals surface area contributed by atoms with Crippen LogP contribution in [0.2, 0.25) is 0 Å². The minimum atomic E-state index is -3.62. The molecule has 1 fully saturated rings. The number of carboxylic acids is 1. The number of ether oxygens (including phenoxy) is 1. The summed E-state index contributed by atoms with van der Waals surface area (Å²) < 4.78 is 29.6. The zero-order chi connectivity index (χ0) is 20.2. The van der Waals surface area contributed by atoms with Gasteiger partial charge in [0.05, 0.1) is 16.6 Å². The van der Waals surface area contributed by atoms with Crippen LogP contribution in [0.5, 0.6) is 0 Å². The predicted octanol–water partition coefficient (Wildman–Crippen LogP) is 3.10. The normalized spacial score (nSPS) is 21.4. The number of benzene rings is 1. The number of aromatic carboxylic acids is 1. The molecule has 1 aliphatic rings. The average Bonchev–Trinajstić information content (AvgIpc) is 2.58. The Morgan fingerprint density at radius 2 is 2.00 bits per heavy atom. The van der Waals surface area contributed by atoms with Gasteiger partial charge in [-0.1, -0.05) is 26.7 Å². The molecular weight excluding hydrogens is 370 g/mol. The molecule has 27 heavy (non-hydrogen) atoms. The Hall–Kier alpha value is -1.93. The maximum Gasteiger partial charge on any atom is 0.335 e. The van der Waals surface area contributed by atoms with Gasteiger partial charge in [-0.3, -0.25) is 4.79 Å². The van der Waals surface area contributed by atoms with Crippen molar-refractivity contribution in [2.75, 3.05) is 11.6 Å². The largest absolute Gasteiger partial charge is 0.478 e. The summed E-state index contributed by atoms with van der Waals surface area (Å²) in [5.74, 6) is -1.11. The molecule has 1 aromatic rings. The van der Waals surface area contributed by atoms with E-state index in [2.05, 4.69) is 12.2 Å². The van der Waals surface area contributed by atoms with Crippen molar-refractivity contribution in [2.45, 2.75) is 63.1 Å². The number of nitrogens with one attached hydrogen (secondary N) is 1. The zero-order valence-electron chi connectivity index (χ0n) is 15.9. The summed E-state index contributed by atoms with van der Waals surface area (Å²) >= 11 is 0. The quantitative estimate of drug-likeness (QED) is 0.732. The fourth-order valence-corrected chi connectivity index (χ4v) is 3.99. The van der Waals surface area contributed by atoms with Gasteiger partial charge in [0.2, 0.25) is 0 Å². The number of hydrogen-bond acceptors (Lipinski definition) is 5. The lowest BCUT2D eigenvalue weighted by molar-refractivity contribution is -0.133. The molecule has 1 aliphatic carbocycles. The summed E-state index contributed by atoms with van der Waals surface area (Å²) in [7, 11) is -3.62. The summed E-state index contributed by atoms with van der Waals surface area (Å²) in [6, 6.07) is 3.57. The molecule has 3 atom stereocenters. The van der Waals surface area contributed by atoms with E-state index in [1.54, 1.807) is 0 Å². The number of sulfone groups is 1. The smallest absolute Gasteiger partial charge is 0.335 e. The lowest BCUT2D eigenvalue weighted by atomic mass is 9.88. The summed E-state index contributed by atoms with van der Waals surface area (Å²) in [6.45, 7) is 4.01. The van der Waals surface area contributed by atoms with Crippen LogP contribution in [-0.4, -0.2) is 43.9 Å². The molecule has 0 spiro atoms. The standard InChI is InChI=1S/C19H27NO6S/c1-4-17(26-15-7-5-6-12(2)8-15)18(21)20-14-9-13(19(22)23)10-16(11-14)27(3,24)25/h9-12,15,17H,4-8H2,1-3H3,(H,20,21)(H,22,23). The molecule has 2 rings (SSSR count). The molecule has 8 heteroatoms. The van der Waals surface area contributed by atoms with E-state index in [1.165, 1.54) is 18.6 Å². The monoisotopic (exact) mass is 397 g/mol. The predicted molar refractivity (Wildman–Crippen MR) is 102 cm³/mol. The maximum atomic E-state index is 12.6. The fraction of sp³-hybridized carbons (Fsp3) is 0.579. The molecule has 1 amide bonds. The minimum absolute atomic E-state index is 0.0291. The average molecular weight is 397 g/mol. The Balaban J connectivity index is 2.17. The molecule has 3 unspecified atom stereocenters. The van der Waals surface area contributed by atoms with E-state index >= 15 is 0 Å². The number of anilines is 1. The number of carbonyl (C=O) groups is 2. The van der Waals surface area contributed by atoms with Crippen molar-refractivity contribution in [3.63, 3.8) is 0 Å². The molecule has 7 nitrogen and oxygen atoms in total. The second-order valence-electron chi connectivity index (χ2n) is 7.24. The molecule has 1 saturated carbocycles. The van der Waals surface area contributed by atoms with Gasteiger partial charge >= 0.3 is 5.97 Å². The van der Waals surface area contributed by atoms with E-state index in [0.29, 0.717) is 12.3 Å². The van der Waals surface area contributed by atoms with E-state index in [-0.39, 0.29) is 22.3 Å². The van der Waals surface area contributed by atoms with Gasteiger partial charge in [0.1, 0.15) is 6.10 Å². The van der Waals surface area contributed by atoms with Crippen LogP contribution in [0.4, 0.5) is 5.69 Å². The maximum absolute atomic E-state index is 12.6. The van der Waals surface area contributed by atoms with Crippen LogP contribution in [0.25, 0.3) is 0 Å². The summed E-state index contributed by atoms with van der Waals surface area (Å²) in [5.41, 5.74) is -0.0808. The molecule has 1 aromatic carbocycles. The van der Waals surface area contributed by atoms with Gasteiger partial charge in [0, 0.05) is 11.9 Å². The van der Waals surface area contributed by atoms with E-state index in [4.69, 9.17) is 4.74 Å². The summed E-state index contributed by atoms with van der Waals surface area (Å²) in [4.78, 5) is 23.7. The van der Waals surface area contributed by atoms with Crippen LogP contribution in [0.3, 0.4) is 0 Å². The Labute approximate surface area is 160 Å². The molecule has 0 heterocycles. The Morgan fingerprint density at radius 1 is 1.30 bits per heavy atom. The van der Waals surface area contributed by atoms with Crippen LogP contribution in [-0.2, 0) is 19.4 Å². The highest BCUT2D eigenvalue weighted by atomic mass is 32.2. The van der Waals surface area contributed by atoms with Crippen LogP contribution in [0.1, 0.15) is 56.3 Å². The van der Waals surface area contributed by atoms with Crippen molar-refractivity contribution < 1.29 is 27.9 Å².